The summed E-state index contributed by atoms with van der Waals surface area (Å²) in [6, 6.07) is 8.78. The Balaban J connectivity index is 2.04. The van der Waals surface area contributed by atoms with Gasteiger partial charge in [-0.25, -0.2) is 8.42 Å². The molecule has 0 bridgehead atoms. The summed E-state index contributed by atoms with van der Waals surface area (Å²) in [6.07, 6.45) is 6.40. The van der Waals surface area contributed by atoms with Gasteiger partial charge in [0.25, 0.3) is 0 Å². The second-order valence-electron chi connectivity index (χ2n) is 6.24. The van der Waals surface area contributed by atoms with Crippen molar-refractivity contribution in [2.75, 3.05) is 12.0 Å². The van der Waals surface area contributed by atoms with Crippen molar-refractivity contribution in [2.24, 2.45) is 5.92 Å². The van der Waals surface area contributed by atoms with E-state index in [0.29, 0.717) is 17.6 Å². The molecule has 0 amide bonds. The van der Waals surface area contributed by atoms with Crippen molar-refractivity contribution in [2.45, 2.75) is 39.0 Å². The molecule has 1 atom stereocenters. The van der Waals surface area contributed by atoms with E-state index < -0.39 is 9.84 Å². The van der Waals surface area contributed by atoms with Crippen LogP contribution in [-0.4, -0.2) is 20.4 Å². The van der Waals surface area contributed by atoms with Crippen LogP contribution in [0.25, 0.3) is 5.57 Å². The van der Waals surface area contributed by atoms with Crippen LogP contribution < -0.4 is 0 Å². The molecule has 0 saturated carbocycles. The Hall–Kier alpha value is -1.09. The molecule has 1 aliphatic rings. The lowest BCUT2D eigenvalue weighted by molar-refractivity contribution is 0.519. The monoisotopic (exact) mass is 292 g/mol. The summed E-state index contributed by atoms with van der Waals surface area (Å²) < 4.78 is 22.7. The number of sulfone groups is 1. The van der Waals surface area contributed by atoms with Crippen molar-refractivity contribution in [1.82, 2.24) is 0 Å². The Morgan fingerprint density at radius 3 is 2.30 bits per heavy atom. The minimum atomic E-state index is -2.85. The quantitative estimate of drug-likeness (QED) is 0.839. The highest BCUT2D eigenvalue weighted by Crippen LogP contribution is 2.31. The van der Waals surface area contributed by atoms with E-state index >= 15 is 0 Å². The molecule has 1 aromatic rings. The molecule has 0 N–H and O–H groups in total. The van der Waals surface area contributed by atoms with Crippen molar-refractivity contribution in [1.29, 1.82) is 0 Å². The van der Waals surface area contributed by atoms with Crippen molar-refractivity contribution < 1.29 is 8.42 Å². The van der Waals surface area contributed by atoms with E-state index in [4.69, 9.17) is 0 Å². The van der Waals surface area contributed by atoms with E-state index in [1.54, 1.807) is 0 Å². The first-order valence-corrected chi connectivity index (χ1v) is 9.38. The normalized spacial score (nSPS) is 20.0. The molecule has 20 heavy (non-hydrogen) atoms. The Morgan fingerprint density at radius 2 is 1.85 bits per heavy atom. The Labute approximate surface area is 122 Å². The van der Waals surface area contributed by atoms with Gasteiger partial charge in [-0.05, 0) is 47.8 Å². The lowest BCUT2D eigenvalue weighted by atomic mass is 9.87. The second kappa shape index (κ2) is 6.13. The van der Waals surface area contributed by atoms with Crippen molar-refractivity contribution in [3.8, 4) is 0 Å². The molecule has 1 aromatic carbocycles. The first-order chi connectivity index (χ1) is 9.35. The minimum Gasteiger partial charge on any atom is -0.229 e. The maximum absolute atomic E-state index is 11.3. The lowest BCUT2D eigenvalue weighted by Gasteiger charge is -2.21. The summed E-state index contributed by atoms with van der Waals surface area (Å²) in [4.78, 5) is 0. The summed E-state index contributed by atoms with van der Waals surface area (Å²) in [5.41, 5.74) is 4.01. The Kier molecular flexibility index (Phi) is 4.69. The average molecular weight is 292 g/mol. The van der Waals surface area contributed by atoms with Crippen molar-refractivity contribution in [3.05, 3.63) is 41.5 Å². The largest absolute Gasteiger partial charge is 0.229 e. The summed E-state index contributed by atoms with van der Waals surface area (Å²) >= 11 is 0. The number of hydrogen-bond donors (Lipinski definition) is 0. The van der Waals surface area contributed by atoms with Gasteiger partial charge in [-0.3, -0.25) is 0 Å². The topological polar surface area (TPSA) is 34.1 Å². The summed E-state index contributed by atoms with van der Waals surface area (Å²) in [6.45, 7) is 4.40. The molecular formula is C17H24O2S. The molecule has 1 aliphatic carbocycles. The fourth-order valence-corrected chi connectivity index (χ4v) is 3.97. The zero-order valence-electron chi connectivity index (χ0n) is 12.6. The van der Waals surface area contributed by atoms with Crippen LogP contribution in [0, 0.1) is 5.92 Å². The molecule has 2 rings (SSSR count). The van der Waals surface area contributed by atoms with Gasteiger partial charge >= 0.3 is 0 Å². The van der Waals surface area contributed by atoms with Crippen LogP contribution in [0.15, 0.2) is 30.3 Å². The molecule has 0 aliphatic heterocycles. The number of allylic oxidation sites excluding steroid dienone is 2. The smallest absolute Gasteiger partial charge is 0.147 e. The van der Waals surface area contributed by atoms with Gasteiger partial charge in [0.2, 0.25) is 0 Å². The van der Waals surface area contributed by atoms with E-state index in [1.807, 2.05) is 0 Å². The molecule has 3 heteroatoms. The maximum Gasteiger partial charge on any atom is 0.147 e. The summed E-state index contributed by atoms with van der Waals surface area (Å²) in [7, 11) is -2.85. The van der Waals surface area contributed by atoms with Gasteiger partial charge in [-0.1, -0.05) is 44.2 Å². The fraction of sp³-hybridized carbons (Fsp3) is 0.529. The van der Waals surface area contributed by atoms with Gasteiger partial charge in [-0.2, -0.15) is 0 Å². The number of rotatable bonds is 4. The molecule has 0 spiro atoms. The Bertz CT molecular complexity index is 580. The van der Waals surface area contributed by atoms with E-state index in [-0.39, 0.29) is 0 Å². The van der Waals surface area contributed by atoms with Gasteiger partial charge in [0.15, 0.2) is 0 Å². The van der Waals surface area contributed by atoms with Crippen LogP contribution in [0.1, 0.15) is 50.2 Å². The summed E-state index contributed by atoms with van der Waals surface area (Å²) in [5, 5.41) is 0. The van der Waals surface area contributed by atoms with Gasteiger partial charge in [-0.15, -0.1) is 0 Å². The molecule has 0 fully saturated rings. The van der Waals surface area contributed by atoms with Gasteiger partial charge in [0.05, 0.1) is 5.75 Å². The lowest BCUT2D eigenvalue weighted by Crippen LogP contribution is -2.16. The molecule has 110 valence electrons. The fourth-order valence-electron chi connectivity index (χ4n) is 2.81. The number of hydrogen-bond acceptors (Lipinski definition) is 2. The highest BCUT2D eigenvalue weighted by molar-refractivity contribution is 7.90. The maximum atomic E-state index is 11.3. The van der Waals surface area contributed by atoms with Gasteiger partial charge in [0, 0.05) is 6.26 Å². The highest BCUT2D eigenvalue weighted by Gasteiger charge is 2.19. The zero-order valence-corrected chi connectivity index (χ0v) is 13.4. The minimum absolute atomic E-state index is 0.295. The predicted octanol–water partition coefficient (Wildman–Crippen LogP) is 4.04. The van der Waals surface area contributed by atoms with E-state index in [0.717, 1.165) is 19.3 Å². The van der Waals surface area contributed by atoms with E-state index in [1.165, 1.54) is 23.0 Å². The van der Waals surface area contributed by atoms with Crippen molar-refractivity contribution >= 4 is 15.4 Å². The van der Waals surface area contributed by atoms with Crippen LogP contribution in [0.3, 0.4) is 0 Å². The Morgan fingerprint density at radius 1 is 1.20 bits per heavy atom. The average Bonchev–Trinajstić information content (AvgIpc) is 2.38. The number of benzene rings is 1. The molecule has 0 radical (unpaired) electrons. The zero-order chi connectivity index (χ0) is 14.8. The molecule has 2 nitrogen and oxygen atoms in total. The molecule has 0 heterocycles. The molecule has 0 aromatic heterocycles. The van der Waals surface area contributed by atoms with Gasteiger partial charge < -0.3 is 0 Å². The SMILES string of the molecule is CC(C)c1ccc(C2=CCC(CS(C)(=O)=O)CC2)cc1. The third-order valence-electron chi connectivity index (χ3n) is 4.01. The van der Waals surface area contributed by atoms with Crippen LogP contribution in [-0.2, 0) is 9.84 Å². The summed E-state index contributed by atoms with van der Waals surface area (Å²) in [5.74, 6) is 1.18. The molecular weight excluding hydrogens is 268 g/mol. The third-order valence-corrected chi connectivity index (χ3v) is 5.08. The highest BCUT2D eigenvalue weighted by atomic mass is 32.2. The molecule has 0 saturated heterocycles. The van der Waals surface area contributed by atoms with Gasteiger partial charge in [0.1, 0.15) is 9.84 Å². The first-order valence-electron chi connectivity index (χ1n) is 7.32. The standard InChI is InChI=1S/C17H24O2S/c1-13(2)15-8-10-17(11-9-15)16-6-4-14(5-7-16)12-20(3,18)19/h6,8-11,13-14H,4-5,7,12H2,1-3H3. The van der Waals surface area contributed by atoms with Crippen LogP contribution in [0.2, 0.25) is 0 Å². The third kappa shape index (κ3) is 4.20. The first kappa shape index (κ1) is 15.3. The van der Waals surface area contributed by atoms with E-state index in [9.17, 15) is 8.42 Å². The molecule has 1 unspecified atom stereocenters. The van der Waals surface area contributed by atoms with Crippen molar-refractivity contribution in [3.63, 3.8) is 0 Å². The second-order valence-corrected chi connectivity index (χ2v) is 8.42. The van der Waals surface area contributed by atoms with Crippen LogP contribution >= 0.6 is 0 Å². The van der Waals surface area contributed by atoms with Crippen LogP contribution in [0.4, 0.5) is 0 Å². The predicted molar refractivity (Wildman–Crippen MR) is 85.6 cm³/mol. The van der Waals surface area contributed by atoms with E-state index in [2.05, 4.69) is 44.2 Å². The van der Waals surface area contributed by atoms with Crippen LogP contribution in [0.5, 0.6) is 0 Å².